The monoisotopic (exact) mass is 229 g/mol. The zero-order valence-corrected chi connectivity index (χ0v) is 10.9. The van der Waals surface area contributed by atoms with Crippen molar-refractivity contribution in [2.45, 2.75) is 50.9 Å². The fourth-order valence-corrected chi connectivity index (χ4v) is 4.23. The van der Waals surface area contributed by atoms with Gasteiger partial charge in [-0.2, -0.15) is 11.8 Å². The smallest absolute Gasteiger partial charge is 0.0631 e. The molecular formula is C12H23NOS. The molecule has 2 saturated heterocycles. The third-order valence-electron chi connectivity index (χ3n) is 3.69. The third kappa shape index (κ3) is 2.89. The summed E-state index contributed by atoms with van der Waals surface area (Å²) in [5.74, 6) is 3.40. The number of rotatable bonds is 3. The minimum atomic E-state index is 0.131. The van der Waals surface area contributed by atoms with Crippen molar-refractivity contribution in [3.63, 3.8) is 0 Å². The maximum Gasteiger partial charge on any atom is 0.0631 e. The molecule has 2 rings (SSSR count). The maximum absolute atomic E-state index is 6.07. The number of ether oxygens (including phenoxy) is 1. The molecule has 0 aromatic heterocycles. The molecule has 2 fully saturated rings. The van der Waals surface area contributed by atoms with Crippen molar-refractivity contribution in [3.8, 4) is 0 Å². The van der Waals surface area contributed by atoms with Gasteiger partial charge in [-0.25, -0.2) is 0 Å². The van der Waals surface area contributed by atoms with Gasteiger partial charge in [0.25, 0.3) is 0 Å². The Labute approximate surface area is 97.5 Å². The Hall–Kier alpha value is 0.270. The largest absolute Gasteiger partial charge is 0.372 e. The van der Waals surface area contributed by atoms with Crippen molar-refractivity contribution in [2.75, 3.05) is 18.6 Å². The molecule has 15 heavy (non-hydrogen) atoms. The molecule has 2 aliphatic heterocycles. The molecule has 88 valence electrons. The minimum absolute atomic E-state index is 0.131. The minimum Gasteiger partial charge on any atom is -0.372 e. The lowest BCUT2D eigenvalue weighted by Crippen LogP contribution is -2.34. The Morgan fingerprint density at radius 1 is 1.40 bits per heavy atom. The fourth-order valence-electron chi connectivity index (χ4n) is 2.73. The van der Waals surface area contributed by atoms with Crippen LogP contribution in [0, 0.1) is 5.92 Å². The molecule has 0 aliphatic carbocycles. The Bertz CT molecular complexity index is 220. The normalized spacial score (nSPS) is 39.8. The molecule has 0 bridgehead atoms. The van der Waals surface area contributed by atoms with Gasteiger partial charge in [0.1, 0.15) is 0 Å². The Balaban J connectivity index is 1.82. The lowest BCUT2D eigenvalue weighted by atomic mass is 9.95. The molecule has 2 heterocycles. The van der Waals surface area contributed by atoms with Crippen LogP contribution < -0.4 is 5.32 Å². The van der Waals surface area contributed by atoms with Gasteiger partial charge in [-0.05, 0) is 51.8 Å². The molecule has 3 heteroatoms. The van der Waals surface area contributed by atoms with E-state index in [1.54, 1.807) is 0 Å². The topological polar surface area (TPSA) is 21.3 Å². The van der Waals surface area contributed by atoms with Crippen molar-refractivity contribution < 1.29 is 4.74 Å². The zero-order chi connectivity index (χ0) is 10.9. The first-order chi connectivity index (χ1) is 7.11. The Morgan fingerprint density at radius 2 is 2.20 bits per heavy atom. The van der Waals surface area contributed by atoms with Gasteiger partial charge in [-0.3, -0.25) is 0 Å². The van der Waals surface area contributed by atoms with Crippen molar-refractivity contribution >= 4 is 11.8 Å². The van der Waals surface area contributed by atoms with Crippen LogP contribution in [0.1, 0.15) is 33.1 Å². The predicted octanol–water partition coefficient (Wildman–Crippen LogP) is 2.29. The summed E-state index contributed by atoms with van der Waals surface area (Å²) in [6.07, 6.45) is 4.24. The highest BCUT2D eigenvalue weighted by atomic mass is 32.2. The molecule has 0 aromatic rings. The van der Waals surface area contributed by atoms with Gasteiger partial charge in [0.2, 0.25) is 0 Å². The highest BCUT2D eigenvalue weighted by Crippen LogP contribution is 2.36. The molecule has 0 aromatic carbocycles. The van der Waals surface area contributed by atoms with Gasteiger partial charge >= 0.3 is 0 Å². The van der Waals surface area contributed by atoms with E-state index in [0.717, 1.165) is 5.92 Å². The van der Waals surface area contributed by atoms with E-state index in [2.05, 4.69) is 38.0 Å². The molecule has 3 unspecified atom stereocenters. The quantitative estimate of drug-likeness (QED) is 0.802. The second kappa shape index (κ2) is 4.64. The van der Waals surface area contributed by atoms with E-state index in [1.165, 1.54) is 30.8 Å². The van der Waals surface area contributed by atoms with E-state index >= 15 is 0 Å². The number of hydrogen-bond donors (Lipinski definition) is 1. The molecular weight excluding hydrogens is 206 g/mol. The van der Waals surface area contributed by atoms with Crippen LogP contribution in [-0.4, -0.2) is 36.3 Å². The highest BCUT2D eigenvalue weighted by molar-refractivity contribution is 7.99. The second-order valence-corrected chi connectivity index (χ2v) is 6.54. The summed E-state index contributed by atoms with van der Waals surface area (Å²) >= 11 is 2.08. The first kappa shape index (κ1) is 11.7. The van der Waals surface area contributed by atoms with Gasteiger partial charge < -0.3 is 10.1 Å². The summed E-state index contributed by atoms with van der Waals surface area (Å²) in [6.45, 7) is 4.43. The van der Waals surface area contributed by atoms with Crippen molar-refractivity contribution in [3.05, 3.63) is 0 Å². The van der Waals surface area contributed by atoms with Crippen molar-refractivity contribution in [2.24, 2.45) is 5.92 Å². The first-order valence-corrected chi connectivity index (χ1v) is 7.19. The van der Waals surface area contributed by atoms with E-state index in [0.29, 0.717) is 12.1 Å². The Kier molecular flexibility index (Phi) is 3.63. The average Bonchev–Trinajstić information content (AvgIpc) is 2.73. The van der Waals surface area contributed by atoms with E-state index in [9.17, 15) is 0 Å². The maximum atomic E-state index is 6.07. The summed E-state index contributed by atoms with van der Waals surface area (Å²) in [6, 6.07) is 0.710. The third-order valence-corrected chi connectivity index (χ3v) is 4.95. The SMILES string of the molecule is CNC1CSCC1CC1CCC(C)(C)O1. The molecule has 3 atom stereocenters. The van der Waals surface area contributed by atoms with E-state index in [1.807, 2.05) is 0 Å². The van der Waals surface area contributed by atoms with Gasteiger partial charge in [-0.1, -0.05) is 0 Å². The second-order valence-electron chi connectivity index (χ2n) is 5.47. The highest BCUT2D eigenvalue weighted by Gasteiger charge is 2.35. The van der Waals surface area contributed by atoms with Crippen molar-refractivity contribution in [1.29, 1.82) is 0 Å². The standard InChI is InChI=1S/C12H23NOS/c1-12(2)5-4-10(14-12)6-9-7-15-8-11(9)13-3/h9-11,13H,4-8H2,1-3H3. The van der Waals surface area contributed by atoms with Gasteiger partial charge in [0, 0.05) is 11.8 Å². The first-order valence-electron chi connectivity index (χ1n) is 6.03. The molecule has 0 spiro atoms. The van der Waals surface area contributed by atoms with E-state index < -0.39 is 0 Å². The van der Waals surface area contributed by atoms with E-state index in [4.69, 9.17) is 4.74 Å². The predicted molar refractivity (Wildman–Crippen MR) is 66.5 cm³/mol. The van der Waals surface area contributed by atoms with Crippen LogP contribution in [0.5, 0.6) is 0 Å². The van der Waals surface area contributed by atoms with Crippen LogP contribution in [-0.2, 0) is 4.74 Å². The molecule has 0 radical (unpaired) electrons. The van der Waals surface area contributed by atoms with Crippen LogP contribution in [0.2, 0.25) is 0 Å². The summed E-state index contributed by atoms with van der Waals surface area (Å²) in [5.41, 5.74) is 0.131. The summed E-state index contributed by atoms with van der Waals surface area (Å²) in [7, 11) is 2.09. The van der Waals surface area contributed by atoms with Crippen LogP contribution >= 0.6 is 11.8 Å². The van der Waals surface area contributed by atoms with Crippen LogP contribution in [0.15, 0.2) is 0 Å². The average molecular weight is 229 g/mol. The summed E-state index contributed by atoms with van der Waals surface area (Å²) in [4.78, 5) is 0. The molecule has 0 amide bonds. The lowest BCUT2D eigenvalue weighted by molar-refractivity contribution is -0.0244. The van der Waals surface area contributed by atoms with Gasteiger partial charge in [0.05, 0.1) is 11.7 Å². The molecule has 2 aliphatic rings. The van der Waals surface area contributed by atoms with Gasteiger partial charge in [0.15, 0.2) is 0 Å². The zero-order valence-electron chi connectivity index (χ0n) is 10.1. The number of thioether (sulfide) groups is 1. The van der Waals surface area contributed by atoms with Crippen molar-refractivity contribution in [1.82, 2.24) is 5.32 Å². The van der Waals surface area contributed by atoms with Crippen LogP contribution in [0.3, 0.4) is 0 Å². The number of nitrogens with one attached hydrogen (secondary N) is 1. The summed E-state index contributed by atoms with van der Waals surface area (Å²) < 4.78 is 6.07. The van der Waals surface area contributed by atoms with Crippen LogP contribution in [0.4, 0.5) is 0 Å². The van der Waals surface area contributed by atoms with Gasteiger partial charge in [-0.15, -0.1) is 0 Å². The summed E-state index contributed by atoms with van der Waals surface area (Å²) in [5, 5.41) is 3.43. The lowest BCUT2D eigenvalue weighted by Gasteiger charge is -2.24. The van der Waals surface area contributed by atoms with E-state index in [-0.39, 0.29) is 5.60 Å². The Morgan fingerprint density at radius 3 is 2.80 bits per heavy atom. The van der Waals surface area contributed by atoms with Crippen LogP contribution in [0.25, 0.3) is 0 Å². The molecule has 2 nitrogen and oxygen atoms in total. The molecule has 1 N–H and O–H groups in total. The fraction of sp³-hybridized carbons (Fsp3) is 1.00. The number of hydrogen-bond acceptors (Lipinski definition) is 3. The molecule has 0 saturated carbocycles.